The molecule has 8 atom stereocenters. The average molecular weight is 1210 g/mol. The summed E-state index contributed by atoms with van der Waals surface area (Å²) >= 11 is 0. The minimum atomic E-state index is -4.39. The number of phosphoric acid groups is 2. The van der Waals surface area contributed by atoms with Crippen LogP contribution in [0.3, 0.4) is 0 Å². The second kappa shape index (κ2) is 27.9. The molecule has 2 aromatic carbocycles. The van der Waals surface area contributed by atoms with Gasteiger partial charge in [0, 0.05) is 92.8 Å². The standard InChI is InChI=1S/C53H61N7O22P2/c1-74-83(72,78-29-43-38(64)25-46(81-43)59-19-16-44(54)57-52(59)70)76-20-7-21-77-84(73,75-2)82-41-26-47(80-42(41)28-61)60-27-31(50(67)58-53(60)71)9-15-45(65)55-17-5-3-4-6-18-56-49(66)30-8-12-34(51(68)69)37(22-30)48-35-13-10-32(62)23-39(35)79-40-24-33(63)11-14-36(40)48/h8-16,19,22-24,27,38,41-43,46-47,61-62,64H,3-7,17-18,20-21,25-26,28-29H2,1-2H3,(H,55,65)(H,56,66)(H,68,69)(H2,54,57,70)(H,58,67,71)/t38-,41-,42-,43-,46-,47-,83?,84?/m1/s1. The molecule has 2 unspecified atom stereocenters. The molecular formula is C53H61N7O22P2. The second-order valence-corrected chi connectivity index (χ2v) is 22.7. The number of carbonyl (C=O) groups is 3. The van der Waals surface area contributed by atoms with E-state index in [0.717, 1.165) is 35.6 Å². The van der Waals surface area contributed by atoms with Gasteiger partial charge in [-0.1, -0.05) is 12.8 Å². The van der Waals surface area contributed by atoms with E-state index in [2.05, 4.69) is 20.6 Å². The molecule has 84 heavy (non-hydrogen) atoms. The molecule has 31 heteroatoms. The van der Waals surface area contributed by atoms with Crippen LogP contribution in [0, 0.1) is 0 Å². The Morgan fingerprint density at radius 1 is 0.833 bits per heavy atom. The number of carboxylic acid groups (broad SMARTS) is 1. The molecule has 0 radical (unpaired) electrons. The van der Waals surface area contributed by atoms with Crippen LogP contribution in [-0.4, -0.2) is 135 Å². The number of rotatable bonds is 28. The van der Waals surface area contributed by atoms with E-state index in [1.165, 1.54) is 66.9 Å². The maximum atomic E-state index is 13.6. The number of ether oxygens (including phenoxy) is 2. The number of amides is 2. The number of nitrogens with one attached hydrogen (secondary N) is 3. The highest BCUT2D eigenvalue weighted by Crippen LogP contribution is 2.53. The number of unbranched alkanes of at least 4 members (excludes halogenated alkanes) is 3. The van der Waals surface area contributed by atoms with Crippen LogP contribution >= 0.6 is 15.6 Å². The number of nitrogens with zero attached hydrogens (tertiary/aromatic N) is 3. The predicted molar refractivity (Wildman–Crippen MR) is 297 cm³/mol. The number of hydrogen-bond donors (Lipinski definition) is 8. The summed E-state index contributed by atoms with van der Waals surface area (Å²) < 4.78 is 78.0. The van der Waals surface area contributed by atoms with Crippen LogP contribution in [0.15, 0.2) is 103 Å². The molecule has 2 aromatic heterocycles. The van der Waals surface area contributed by atoms with Crippen LogP contribution in [-0.2, 0) is 50.5 Å². The van der Waals surface area contributed by atoms with Crippen molar-refractivity contribution < 1.29 is 85.0 Å². The molecule has 9 N–H and O–H groups in total. The zero-order chi connectivity index (χ0) is 60.3. The van der Waals surface area contributed by atoms with Gasteiger partial charge in [-0.25, -0.2) is 23.5 Å². The van der Waals surface area contributed by atoms with Crippen LogP contribution in [0.4, 0.5) is 5.82 Å². The van der Waals surface area contributed by atoms with Gasteiger partial charge in [-0.3, -0.25) is 60.4 Å². The molecule has 2 fully saturated rings. The summed E-state index contributed by atoms with van der Waals surface area (Å²) in [7, 11) is -6.50. The third kappa shape index (κ3) is 15.4. The molecule has 0 bridgehead atoms. The van der Waals surface area contributed by atoms with E-state index in [0.29, 0.717) is 42.2 Å². The number of phosphoric ester groups is 2. The first-order chi connectivity index (χ1) is 40.2. The number of aromatic carboxylic acids is 1. The zero-order valence-corrected chi connectivity index (χ0v) is 47.0. The van der Waals surface area contributed by atoms with E-state index in [9.17, 15) is 63.1 Å². The number of anilines is 1. The number of fused-ring (bicyclic) bond motifs is 2. The highest BCUT2D eigenvalue weighted by atomic mass is 31.2. The van der Waals surface area contributed by atoms with Gasteiger partial charge in [0.25, 0.3) is 11.5 Å². The minimum Gasteiger partial charge on any atom is -0.508 e. The van der Waals surface area contributed by atoms with Crippen LogP contribution in [0.2, 0.25) is 0 Å². The molecule has 450 valence electrons. The summed E-state index contributed by atoms with van der Waals surface area (Å²) in [6.45, 7) is -1.22. The number of nitrogens with two attached hydrogens (primary N) is 1. The number of carboxylic acids is 1. The first-order valence-electron chi connectivity index (χ1n) is 26.3. The molecule has 29 nitrogen and oxygen atoms in total. The van der Waals surface area contributed by atoms with Crippen LogP contribution in [0.1, 0.15) is 83.7 Å². The Hall–Kier alpha value is -7.50. The lowest BCUT2D eigenvalue weighted by molar-refractivity contribution is -0.116. The molecule has 4 aromatic rings. The van der Waals surface area contributed by atoms with Gasteiger partial charge >= 0.3 is 33.0 Å². The number of aromatic amines is 1. The molecular weight excluding hydrogens is 1150 g/mol. The lowest BCUT2D eigenvalue weighted by atomic mass is 9.89. The monoisotopic (exact) mass is 1210 g/mol. The molecule has 1 aliphatic carbocycles. The number of aliphatic hydroxyl groups excluding tert-OH is 2. The summed E-state index contributed by atoms with van der Waals surface area (Å²) in [6.07, 6.45) is 0.488. The van der Waals surface area contributed by atoms with Crippen molar-refractivity contribution in [2.45, 2.75) is 81.8 Å². The van der Waals surface area contributed by atoms with Gasteiger partial charge in [0.1, 0.15) is 53.7 Å². The van der Waals surface area contributed by atoms with E-state index in [1.807, 2.05) is 0 Å². The van der Waals surface area contributed by atoms with Gasteiger partial charge in [0.15, 0.2) is 5.43 Å². The normalized spacial score (nSPS) is 20.3. The summed E-state index contributed by atoms with van der Waals surface area (Å²) in [4.78, 5) is 94.6. The summed E-state index contributed by atoms with van der Waals surface area (Å²) in [5.41, 5.74) is 4.00. The van der Waals surface area contributed by atoms with Gasteiger partial charge in [-0.15, -0.1) is 0 Å². The molecule has 2 amide bonds. The van der Waals surface area contributed by atoms with E-state index in [1.54, 1.807) is 6.07 Å². The van der Waals surface area contributed by atoms with Crippen molar-refractivity contribution in [2.75, 3.05) is 59.5 Å². The Kier molecular flexibility index (Phi) is 20.8. The largest absolute Gasteiger partial charge is 0.508 e. The quantitative estimate of drug-likeness (QED) is 0.0149. The van der Waals surface area contributed by atoms with Gasteiger partial charge in [-0.05, 0) is 79.4 Å². The number of aromatic hydroxyl groups is 1. The number of nitrogen functional groups attached to an aromatic ring is 1. The SMILES string of the molecule is COP(=O)(OCCCOP(=O)(OC)O[C@@H]1C[C@H](n2cc(C=CC(=O)NCCCCCCNC(=O)c3ccc(C(=O)O)c(-c4c5ccc(=O)cc-5oc5cc(O)ccc45)c3)c(=O)[nH]c2=O)O[C@@H]1CO)OC[C@H]1O[C@@H](n2ccc(N)nc2=O)C[C@H]1O. The van der Waals surface area contributed by atoms with Crippen molar-refractivity contribution in [3.63, 3.8) is 0 Å². The highest BCUT2D eigenvalue weighted by molar-refractivity contribution is 7.48. The van der Waals surface area contributed by atoms with Gasteiger partial charge in [-0.2, -0.15) is 4.98 Å². The number of phenolic OH excluding ortho intramolecular Hbond substituents is 1. The third-order valence-electron chi connectivity index (χ3n) is 13.5. The third-order valence-corrected chi connectivity index (χ3v) is 16.4. The maximum absolute atomic E-state index is 13.6. The van der Waals surface area contributed by atoms with Crippen LogP contribution in [0.5, 0.6) is 5.75 Å². The van der Waals surface area contributed by atoms with Crippen molar-refractivity contribution in [1.82, 2.24) is 29.7 Å². The number of aromatic nitrogens is 4. The first kappa shape index (κ1) is 62.5. The smallest absolute Gasteiger partial charge is 0.474 e. The Bertz CT molecular complexity index is 3720. The fourth-order valence-electron chi connectivity index (χ4n) is 9.24. The van der Waals surface area contributed by atoms with E-state index in [4.69, 9.17) is 46.8 Å². The average Bonchev–Trinajstić information content (AvgIpc) is 2.44. The van der Waals surface area contributed by atoms with E-state index >= 15 is 0 Å². The number of H-pyrrole nitrogens is 1. The molecule has 0 spiro atoms. The number of hydrogen-bond acceptors (Lipinski definition) is 23. The molecule has 2 saturated heterocycles. The molecule has 4 aliphatic rings. The lowest BCUT2D eigenvalue weighted by Gasteiger charge is -2.22. The van der Waals surface area contributed by atoms with Crippen molar-refractivity contribution in [3.05, 3.63) is 137 Å². The van der Waals surface area contributed by atoms with Gasteiger partial charge in [0.2, 0.25) is 5.91 Å². The summed E-state index contributed by atoms with van der Waals surface area (Å²) in [6, 6.07) is 14.0. The van der Waals surface area contributed by atoms with Gasteiger partial charge < -0.3 is 50.7 Å². The Labute approximate surface area is 476 Å². The fraction of sp³-hybridized carbons (Fsp3) is 0.396. The summed E-state index contributed by atoms with van der Waals surface area (Å²) in [5.74, 6) is -2.18. The van der Waals surface area contributed by atoms with Crippen molar-refractivity contribution in [3.8, 4) is 28.2 Å². The topological polar surface area (TPSA) is 410 Å². The number of benzene rings is 3. The van der Waals surface area contributed by atoms with E-state index in [-0.39, 0.29) is 96.2 Å². The van der Waals surface area contributed by atoms with Crippen LogP contribution in [0.25, 0.3) is 39.5 Å². The Morgan fingerprint density at radius 2 is 1.55 bits per heavy atom. The first-order valence-corrected chi connectivity index (χ1v) is 29.2. The van der Waals surface area contributed by atoms with Crippen molar-refractivity contribution in [2.24, 2.45) is 0 Å². The fourth-order valence-corrected chi connectivity index (χ4v) is 11.4. The van der Waals surface area contributed by atoms with Gasteiger partial charge in [0.05, 0.1) is 43.7 Å². The second-order valence-electron chi connectivity index (χ2n) is 19.2. The van der Waals surface area contributed by atoms with Crippen LogP contribution < -0.4 is 38.7 Å². The molecule has 3 aliphatic heterocycles. The number of carbonyl (C=O) groups excluding carboxylic acids is 2. The molecule has 8 rings (SSSR count). The molecule has 0 saturated carbocycles. The zero-order valence-electron chi connectivity index (χ0n) is 45.2. The number of phenols is 1. The molecule has 5 heterocycles. The Morgan fingerprint density at radius 3 is 2.26 bits per heavy atom. The summed E-state index contributed by atoms with van der Waals surface area (Å²) in [5, 5.41) is 46.9. The van der Waals surface area contributed by atoms with Crippen molar-refractivity contribution in [1.29, 1.82) is 0 Å². The predicted octanol–water partition coefficient (Wildman–Crippen LogP) is 4.04. The maximum Gasteiger partial charge on any atom is 0.474 e. The highest BCUT2D eigenvalue weighted by Gasteiger charge is 2.43. The number of aliphatic hydroxyl groups is 2. The van der Waals surface area contributed by atoms with E-state index < -0.39 is 100 Å². The minimum absolute atomic E-state index is 0.00390. The lowest BCUT2D eigenvalue weighted by Crippen LogP contribution is -2.33. The van der Waals surface area contributed by atoms with Crippen molar-refractivity contribution >= 4 is 56.3 Å². The Balaban J connectivity index is 0.757.